The molecule has 1 aromatic heterocycles. The molecule has 2 aromatic rings. The SMILES string of the molecule is CCCCN1CN(CC)Cc2cnc3c(OC)cc(Cl)cc3c21. The van der Waals surface area contributed by atoms with Gasteiger partial charge in [0.25, 0.3) is 0 Å². The van der Waals surface area contributed by atoms with Crippen LogP contribution < -0.4 is 9.64 Å². The number of rotatable bonds is 5. The van der Waals surface area contributed by atoms with Crippen molar-refractivity contribution in [3.63, 3.8) is 0 Å². The Morgan fingerprint density at radius 2 is 2.13 bits per heavy atom. The molecule has 5 heteroatoms. The van der Waals surface area contributed by atoms with E-state index in [0.29, 0.717) is 5.02 Å². The maximum absolute atomic E-state index is 6.32. The Hall–Kier alpha value is -1.52. The molecule has 0 unspecified atom stereocenters. The number of fused-ring (bicyclic) bond motifs is 3. The molecule has 0 spiro atoms. The molecule has 0 bridgehead atoms. The minimum Gasteiger partial charge on any atom is -0.494 e. The smallest absolute Gasteiger partial charge is 0.146 e. The lowest BCUT2D eigenvalue weighted by atomic mass is 10.0. The molecule has 0 atom stereocenters. The first-order chi connectivity index (χ1) is 11.2. The highest BCUT2D eigenvalue weighted by Crippen LogP contribution is 2.39. The zero-order valence-corrected chi connectivity index (χ0v) is 14.9. The van der Waals surface area contributed by atoms with Crippen LogP contribution in [0.1, 0.15) is 32.3 Å². The maximum atomic E-state index is 6.32. The summed E-state index contributed by atoms with van der Waals surface area (Å²) in [5.41, 5.74) is 3.43. The van der Waals surface area contributed by atoms with Crippen LogP contribution in [0.5, 0.6) is 5.75 Å². The van der Waals surface area contributed by atoms with Crippen LogP contribution in [0.3, 0.4) is 0 Å². The summed E-state index contributed by atoms with van der Waals surface area (Å²) in [6.45, 7) is 8.42. The Kier molecular flexibility index (Phi) is 4.93. The van der Waals surface area contributed by atoms with Gasteiger partial charge in [0.15, 0.2) is 0 Å². The lowest BCUT2D eigenvalue weighted by Gasteiger charge is -2.38. The summed E-state index contributed by atoms with van der Waals surface area (Å²) < 4.78 is 5.48. The first-order valence-corrected chi connectivity index (χ1v) is 8.68. The van der Waals surface area contributed by atoms with Crippen LogP contribution in [0.2, 0.25) is 5.02 Å². The van der Waals surface area contributed by atoms with Gasteiger partial charge < -0.3 is 9.64 Å². The molecule has 0 radical (unpaired) electrons. The number of hydrogen-bond donors (Lipinski definition) is 0. The van der Waals surface area contributed by atoms with Crippen molar-refractivity contribution in [2.45, 2.75) is 33.2 Å². The van der Waals surface area contributed by atoms with Gasteiger partial charge in [-0.25, -0.2) is 0 Å². The van der Waals surface area contributed by atoms with Crippen LogP contribution in [-0.4, -0.2) is 36.8 Å². The number of halogens is 1. The Labute approximate surface area is 143 Å². The monoisotopic (exact) mass is 333 g/mol. The normalized spacial score (nSPS) is 15.0. The zero-order valence-electron chi connectivity index (χ0n) is 14.1. The highest BCUT2D eigenvalue weighted by atomic mass is 35.5. The number of benzene rings is 1. The minimum atomic E-state index is 0.693. The predicted octanol–water partition coefficient (Wildman–Crippen LogP) is 4.30. The van der Waals surface area contributed by atoms with Crippen molar-refractivity contribution >= 4 is 28.2 Å². The molecule has 0 N–H and O–H groups in total. The summed E-state index contributed by atoms with van der Waals surface area (Å²) in [5.74, 6) is 0.740. The molecule has 2 heterocycles. The standard InChI is InChI=1S/C18H24ClN3O/c1-4-6-7-22-12-21(5-2)11-13-10-20-17-15(18(13)22)8-14(19)9-16(17)23-3/h8-10H,4-7,11-12H2,1-3H3. The summed E-state index contributed by atoms with van der Waals surface area (Å²) in [6.07, 6.45) is 4.36. The molecule has 4 nitrogen and oxygen atoms in total. The first-order valence-electron chi connectivity index (χ1n) is 8.30. The molecule has 3 rings (SSSR count). The fourth-order valence-electron chi connectivity index (χ4n) is 3.26. The van der Waals surface area contributed by atoms with E-state index in [2.05, 4.69) is 28.6 Å². The first kappa shape index (κ1) is 16.3. The van der Waals surface area contributed by atoms with Crippen LogP contribution in [0, 0.1) is 0 Å². The number of aromatic nitrogens is 1. The molecule has 1 aromatic carbocycles. The van der Waals surface area contributed by atoms with Crippen LogP contribution in [0.15, 0.2) is 18.3 Å². The van der Waals surface area contributed by atoms with Crippen molar-refractivity contribution < 1.29 is 4.74 Å². The second kappa shape index (κ2) is 6.93. The summed E-state index contributed by atoms with van der Waals surface area (Å²) in [5, 5.41) is 1.79. The molecule has 0 aliphatic carbocycles. The van der Waals surface area contributed by atoms with Crippen molar-refractivity contribution in [2.24, 2.45) is 0 Å². The van der Waals surface area contributed by atoms with Crippen LogP contribution in [-0.2, 0) is 6.54 Å². The van der Waals surface area contributed by atoms with Gasteiger partial charge in [0.1, 0.15) is 11.3 Å². The van der Waals surface area contributed by atoms with Crippen molar-refractivity contribution in [2.75, 3.05) is 31.8 Å². The second-order valence-electron chi connectivity index (χ2n) is 6.04. The Morgan fingerprint density at radius 3 is 2.83 bits per heavy atom. The number of ether oxygens (including phenoxy) is 1. The molecule has 0 saturated heterocycles. The average Bonchev–Trinajstić information content (AvgIpc) is 2.57. The van der Waals surface area contributed by atoms with E-state index in [4.69, 9.17) is 16.3 Å². The summed E-state index contributed by atoms with van der Waals surface area (Å²) in [6, 6.07) is 3.85. The minimum absolute atomic E-state index is 0.693. The molecular weight excluding hydrogens is 310 g/mol. The molecule has 0 fully saturated rings. The number of anilines is 1. The summed E-state index contributed by atoms with van der Waals surface area (Å²) >= 11 is 6.32. The zero-order chi connectivity index (χ0) is 16.4. The molecule has 1 aliphatic heterocycles. The van der Waals surface area contributed by atoms with Crippen molar-refractivity contribution in [3.8, 4) is 5.75 Å². The average molecular weight is 334 g/mol. The van der Waals surface area contributed by atoms with E-state index in [9.17, 15) is 0 Å². The molecule has 124 valence electrons. The van der Waals surface area contributed by atoms with E-state index in [1.165, 1.54) is 24.1 Å². The Bertz CT molecular complexity index is 704. The van der Waals surface area contributed by atoms with Gasteiger partial charge in [-0.1, -0.05) is 31.9 Å². The van der Waals surface area contributed by atoms with E-state index in [1.54, 1.807) is 7.11 Å². The van der Waals surface area contributed by atoms with Crippen LogP contribution >= 0.6 is 11.6 Å². The molecule has 0 amide bonds. The summed E-state index contributed by atoms with van der Waals surface area (Å²) in [4.78, 5) is 9.55. The van der Waals surface area contributed by atoms with E-state index in [1.807, 2.05) is 18.3 Å². The largest absolute Gasteiger partial charge is 0.494 e. The van der Waals surface area contributed by atoms with Crippen molar-refractivity contribution in [1.29, 1.82) is 0 Å². The van der Waals surface area contributed by atoms with Crippen LogP contribution in [0.25, 0.3) is 10.9 Å². The highest BCUT2D eigenvalue weighted by molar-refractivity contribution is 6.31. The topological polar surface area (TPSA) is 28.6 Å². The van der Waals surface area contributed by atoms with Gasteiger partial charge >= 0.3 is 0 Å². The Balaban J connectivity index is 2.17. The van der Waals surface area contributed by atoms with Gasteiger partial charge in [-0.15, -0.1) is 0 Å². The number of nitrogens with zero attached hydrogens (tertiary/aromatic N) is 3. The fraction of sp³-hybridized carbons (Fsp3) is 0.500. The van der Waals surface area contributed by atoms with E-state index in [-0.39, 0.29) is 0 Å². The molecular formula is C18H24ClN3O. The molecule has 23 heavy (non-hydrogen) atoms. The third kappa shape index (κ3) is 3.10. The van der Waals surface area contributed by atoms with Gasteiger partial charge in [-0.2, -0.15) is 0 Å². The number of methoxy groups -OCH3 is 1. The fourth-order valence-corrected chi connectivity index (χ4v) is 3.46. The van der Waals surface area contributed by atoms with Gasteiger partial charge in [0, 0.05) is 41.3 Å². The van der Waals surface area contributed by atoms with Gasteiger partial charge in [-0.3, -0.25) is 9.88 Å². The second-order valence-corrected chi connectivity index (χ2v) is 6.48. The van der Waals surface area contributed by atoms with Gasteiger partial charge in [-0.05, 0) is 19.0 Å². The number of hydrogen-bond acceptors (Lipinski definition) is 4. The van der Waals surface area contributed by atoms with Crippen LogP contribution in [0.4, 0.5) is 5.69 Å². The highest BCUT2D eigenvalue weighted by Gasteiger charge is 2.25. The third-order valence-electron chi connectivity index (χ3n) is 4.48. The van der Waals surface area contributed by atoms with Gasteiger partial charge in [0.2, 0.25) is 0 Å². The number of pyridine rings is 1. The lowest BCUT2D eigenvalue weighted by Crippen LogP contribution is -2.42. The lowest BCUT2D eigenvalue weighted by molar-refractivity contribution is 0.265. The van der Waals surface area contributed by atoms with Crippen molar-refractivity contribution in [1.82, 2.24) is 9.88 Å². The molecule has 0 saturated carbocycles. The van der Waals surface area contributed by atoms with Crippen molar-refractivity contribution in [3.05, 3.63) is 28.9 Å². The molecule has 1 aliphatic rings. The quantitative estimate of drug-likeness (QED) is 0.815. The maximum Gasteiger partial charge on any atom is 0.146 e. The van der Waals surface area contributed by atoms with E-state index < -0.39 is 0 Å². The summed E-state index contributed by atoms with van der Waals surface area (Å²) in [7, 11) is 1.67. The number of unbranched alkanes of at least 4 members (excludes halogenated alkanes) is 1. The third-order valence-corrected chi connectivity index (χ3v) is 4.70. The Morgan fingerprint density at radius 1 is 1.30 bits per heavy atom. The van der Waals surface area contributed by atoms with E-state index in [0.717, 1.165) is 43.0 Å². The van der Waals surface area contributed by atoms with E-state index >= 15 is 0 Å². The van der Waals surface area contributed by atoms with Gasteiger partial charge in [0.05, 0.1) is 19.5 Å². The predicted molar refractivity (Wildman–Crippen MR) is 96.5 cm³/mol.